The summed E-state index contributed by atoms with van der Waals surface area (Å²) in [7, 11) is 0. The number of aryl methyl sites for hydroxylation is 1. The summed E-state index contributed by atoms with van der Waals surface area (Å²) in [6, 6.07) is 18.5. The predicted octanol–water partition coefficient (Wildman–Crippen LogP) is 4.38. The maximum atomic E-state index is 12.8. The number of carbonyl (C=O) groups excluding carboxylic acids is 3. The molecule has 2 aromatic carbocycles. The van der Waals surface area contributed by atoms with Gasteiger partial charge in [-0.2, -0.15) is 0 Å². The van der Waals surface area contributed by atoms with Gasteiger partial charge in [-0.3, -0.25) is 14.4 Å². The van der Waals surface area contributed by atoms with Gasteiger partial charge in [-0.15, -0.1) is 0 Å². The molecule has 0 saturated heterocycles. The maximum Gasteiger partial charge on any atom is 0.242 e. The van der Waals surface area contributed by atoms with Gasteiger partial charge in [0, 0.05) is 18.5 Å². The highest BCUT2D eigenvalue weighted by molar-refractivity contribution is 7.80. The van der Waals surface area contributed by atoms with E-state index >= 15 is 0 Å². The molecule has 1 atom stereocenters. The van der Waals surface area contributed by atoms with Crippen LogP contribution in [0.3, 0.4) is 0 Å². The van der Waals surface area contributed by atoms with Gasteiger partial charge < -0.3 is 16.0 Å². The van der Waals surface area contributed by atoms with Gasteiger partial charge in [-0.25, -0.2) is 0 Å². The van der Waals surface area contributed by atoms with Crippen LogP contribution in [0, 0.1) is 0 Å². The normalized spacial score (nSPS) is 11.3. The van der Waals surface area contributed by atoms with Crippen molar-refractivity contribution in [2.75, 3.05) is 13.1 Å². The van der Waals surface area contributed by atoms with E-state index in [4.69, 9.17) is 12.2 Å². The number of unbranched alkanes of at least 4 members (excludes halogenated alkanes) is 3. The molecular weight excluding hydrogens is 458 g/mol. The Morgan fingerprint density at radius 3 is 2.20 bits per heavy atom. The van der Waals surface area contributed by atoms with Crippen molar-refractivity contribution in [3.8, 4) is 0 Å². The molecule has 0 spiro atoms. The van der Waals surface area contributed by atoms with Gasteiger partial charge >= 0.3 is 0 Å². The zero-order valence-electron chi connectivity index (χ0n) is 20.6. The van der Waals surface area contributed by atoms with Crippen LogP contribution in [0.25, 0.3) is 0 Å². The van der Waals surface area contributed by atoms with Gasteiger partial charge in [0.05, 0.1) is 11.5 Å². The molecule has 35 heavy (non-hydrogen) atoms. The number of nitrogens with one attached hydrogen (secondary N) is 3. The third-order valence-corrected chi connectivity index (χ3v) is 5.82. The fraction of sp³-hybridized carbons (Fsp3) is 0.429. The van der Waals surface area contributed by atoms with Gasteiger partial charge in [0.2, 0.25) is 11.8 Å². The number of hydrogen-bond acceptors (Lipinski definition) is 4. The summed E-state index contributed by atoms with van der Waals surface area (Å²) in [4.78, 5) is 38.4. The third kappa shape index (κ3) is 12.3. The SMILES string of the molecule is CC(=S)NCCCC[C@H](NC(=O)CCCCCc1ccccc1)C(=O)NCC(=O)c1ccccc1. The van der Waals surface area contributed by atoms with E-state index in [1.807, 2.05) is 31.2 Å². The number of ketones is 1. The molecule has 0 heterocycles. The van der Waals surface area contributed by atoms with Gasteiger partial charge in [0.15, 0.2) is 5.78 Å². The number of carbonyl (C=O) groups is 3. The van der Waals surface area contributed by atoms with Crippen LogP contribution < -0.4 is 16.0 Å². The molecule has 0 radical (unpaired) electrons. The number of benzene rings is 2. The molecule has 7 heteroatoms. The van der Waals surface area contributed by atoms with Crippen molar-refractivity contribution in [3.05, 3.63) is 71.8 Å². The maximum absolute atomic E-state index is 12.8. The number of thiocarbonyl (C=S) groups is 1. The lowest BCUT2D eigenvalue weighted by molar-refractivity contribution is -0.129. The second-order valence-corrected chi connectivity index (χ2v) is 9.26. The number of rotatable bonds is 16. The molecule has 0 saturated carbocycles. The average molecular weight is 496 g/mol. The minimum atomic E-state index is -0.663. The highest BCUT2D eigenvalue weighted by Crippen LogP contribution is 2.09. The van der Waals surface area contributed by atoms with Crippen LogP contribution in [-0.2, 0) is 16.0 Å². The van der Waals surface area contributed by atoms with Crippen LogP contribution in [0.1, 0.15) is 67.8 Å². The largest absolute Gasteiger partial charge is 0.380 e. The number of Topliss-reactive ketones (excluding diaryl/α,β-unsaturated/α-hetero) is 1. The predicted molar refractivity (Wildman–Crippen MR) is 144 cm³/mol. The minimum absolute atomic E-state index is 0.0969. The minimum Gasteiger partial charge on any atom is -0.380 e. The third-order valence-electron chi connectivity index (χ3n) is 5.68. The first kappa shape index (κ1) is 28.2. The first-order valence-electron chi connectivity index (χ1n) is 12.4. The van der Waals surface area contributed by atoms with Crippen molar-refractivity contribution in [2.24, 2.45) is 0 Å². The monoisotopic (exact) mass is 495 g/mol. The van der Waals surface area contributed by atoms with Crippen molar-refractivity contribution >= 4 is 34.8 Å². The number of amides is 2. The van der Waals surface area contributed by atoms with Gasteiger partial charge in [0.1, 0.15) is 6.04 Å². The van der Waals surface area contributed by atoms with Gasteiger partial charge in [0.25, 0.3) is 0 Å². The second-order valence-electron chi connectivity index (χ2n) is 8.65. The van der Waals surface area contributed by atoms with Crippen LogP contribution in [0.2, 0.25) is 0 Å². The molecule has 0 unspecified atom stereocenters. The molecule has 0 aromatic heterocycles. The van der Waals surface area contributed by atoms with E-state index in [9.17, 15) is 14.4 Å². The Bertz CT molecular complexity index is 935. The summed E-state index contributed by atoms with van der Waals surface area (Å²) in [5.74, 6) is -0.624. The van der Waals surface area contributed by atoms with Crippen LogP contribution in [-0.4, -0.2) is 41.7 Å². The topological polar surface area (TPSA) is 87.3 Å². The summed E-state index contributed by atoms with van der Waals surface area (Å²) in [6.45, 7) is 2.46. The smallest absolute Gasteiger partial charge is 0.242 e. The van der Waals surface area contributed by atoms with Crippen molar-refractivity contribution in [3.63, 3.8) is 0 Å². The zero-order valence-corrected chi connectivity index (χ0v) is 21.4. The quantitative estimate of drug-likeness (QED) is 0.183. The van der Waals surface area contributed by atoms with E-state index in [-0.39, 0.29) is 24.1 Å². The van der Waals surface area contributed by atoms with Gasteiger partial charge in [-0.05, 0) is 51.0 Å². The summed E-state index contributed by atoms with van der Waals surface area (Å²) < 4.78 is 0. The summed E-state index contributed by atoms with van der Waals surface area (Å²) in [5, 5.41) is 8.68. The second kappa shape index (κ2) is 16.5. The van der Waals surface area contributed by atoms with E-state index in [2.05, 4.69) is 28.1 Å². The van der Waals surface area contributed by atoms with E-state index in [1.54, 1.807) is 24.3 Å². The summed E-state index contributed by atoms with van der Waals surface area (Å²) in [5.41, 5.74) is 1.85. The highest BCUT2D eigenvalue weighted by atomic mass is 32.1. The lowest BCUT2D eigenvalue weighted by Crippen LogP contribution is -2.47. The Labute approximate surface area is 214 Å². The summed E-state index contributed by atoms with van der Waals surface area (Å²) in [6.07, 6.45) is 6.21. The fourth-order valence-corrected chi connectivity index (χ4v) is 3.83. The Morgan fingerprint density at radius 2 is 1.51 bits per heavy atom. The van der Waals surface area contributed by atoms with Crippen LogP contribution in [0.5, 0.6) is 0 Å². The Balaban J connectivity index is 1.78. The Morgan fingerprint density at radius 1 is 0.829 bits per heavy atom. The van der Waals surface area contributed by atoms with Crippen molar-refractivity contribution in [1.82, 2.24) is 16.0 Å². The zero-order chi connectivity index (χ0) is 25.3. The lowest BCUT2D eigenvalue weighted by Gasteiger charge is -2.18. The first-order chi connectivity index (χ1) is 17.0. The first-order valence-corrected chi connectivity index (χ1v) is 12.8. The van der Waals surface area contributed by atoms with Crippen LogP contribution in [0.15, 0.2) is 60.7 Å². The van der Waals surface area contributed by atoms with E-state index < -0.39 is 6.04 Å². The molecule has 2 rings (SSSR count). The molecule has 2 amide bonds. The van der Waals surface area contributed by atoms with E-state index in [1.165, 1.54) is 5.56 Å². The van der Waals surface area contributed by atoms with Gasteiger partial charge in [-0.1, -0.05) is 79.3 Å². The molecule has 6 nitrogen and oxygen atoms in total. The molecule has 0 bridgehead atoms. The average Bonchev–Trinajstić information content (AvgIpc) is 2.87. The standard InChI is InChI=1S/C28H37N3O3S/c1-22(35)29-20-12-11-18-25(28(34)30-21-26(32)24-16-8-4-9-17-24)31-27(33)19-10-3-7-15-23-13-5-2-6-14-23/h2,4-6,8-9,13-14,16-17,25H,3,7,10-12,15,18-21H2,1H3,(H,29,35)(H,30,34)(H,31,33)/t25-/m0/s1. The molecule has 188 valence electrons. The lowest BCUT2D eigenvalue weighted by atomic mass is 10.1. The van der Waals surface area contributed by atoms with Crippen molar-refractivity contribution in [1.29, 1.82) is 0 Å². The van der Waals surface area contributed by atoms with E-state index in [0.29, 0.717) is 18.4 Å². The van der Waals surface area contributed by atoms with Crippen LogP contribution in [0.4, 0.5) is 0 Å². The van der Waals surface area contributed by atoms with Crippen molar-refractivity contribution < 1.29 is 14.4 Å². The Kier molecular flexibility index (Phi) is 13.3. The van der Waals surface area contributed by atoms with E-state index in [0.717, 1.165) is 50.1 Å². The molecule has 0 fully saturated rings. The Hall–Kier alpha value is -3.06. The molecule has 3 N–H and O–H groups in total. The van der Waals surface area contributed by atoms with Crippen molar-refractivity contribution in [2.45, 2.75) is 64.3 Å². The summed E-state index contributed by atoms with van der Waals surface area (Å²) >= 11 is 5.02. The molecule has 0 aliphatic rings. The van der Waals surface area contributed by atoms with Crippen LogP contribution >= 0.6 is 12.2 Å². The molecule has 0 aliphatic carbocycles. The number of hydrogen-bond donors (Lipinski definition) is 3. The molecular formula is C28H37N3O3S. The molecule has 0 aliphatic heterocycles. The highest BCUT2D eigenvalue weighted by Gasteiger charge is 2.21. The fourth-order valence-electron chi connectivity index (χ4n) is 3.73. The molecule has 2 aromatic rings.